The fraction of sp³-hybridized carbons (Fsp3) is 0.0714. The summed E-state index contributed by atoms with van der Waals surface area (Å²) in [5, 5.41) is 2.97. The predicted molar refractivity (Wildman–Crippen MR) is 73.3 cm³/mol. The Hall–Kier alpha value is 0.146. The van der Waals surface area contributed by atoms with Crippen molar-refractivity contribution < 1.29 is 93.4 Å². The summed E-state index contributed by atoms with van der Waals surface area (Å²) < 4.78 is 0. The average molecular weight is 306 g/mol. The van der Waals surface area contributed by atoms with E-state index in [-0.39, 0.29) is 96.3 Å². The summed E-state index contributed by atoms with van der Waals surface area (Å²) in [7, 11) is 0. The summed E-state index contributed by atoms with van der Waals surface area (Å²) in [6.07, 6.45) is 0. The van der Waals surface area contributed by atoms with Gasteiger partial charge >= 0.3 is 86.9 Å². The molecule has 0 aliphatic carbocycles. The van der Waals surface area contributed by atoms with E-state index in [2.05, 4.69) is 10.8 Å². The first-order valence-electron chi connectivity index (χ1n) is 5.64. The monoisotopic (exact) mass is 306 g/mol. The van der Waals surface area contributed by atoms with Crippen LogP contribution in [-0.2, 0) is 9.63 Å². The first kappa shape index (κ1) is 20.1. The van der Waals surface area contributed by atoms with Gasteiger partial charge in [-0.3, -0.25) is 0 Å². The van der Waals surface area contributed by atoms with Crippen molar-refractivity contribution in [2.45, 2.75) is 0 Å². The van der Waals surface area contributed by atoms with Gasteiger partial charge in [0.2, 0.25) is 0 Å². The van der Waals surface area contributed by atoms with E-state index in [1.165, 1.54) is 0 Å². The van der Waals surface area contributed by atoms with Crippen molar-refractivity contribution in [3.8, 4) is 0 Å². The average Bonchev–Trinajstić information content (AvgIpc) is 2.45. The second-order valence-corrected chi connectivity index (χ2v) is 3.66. The normalized spacial score (nSPS) is 8.60. The Morgan fingerprint density at radius 2 is 1.45 bits per heavy atom. The van der Waals surface area contributed by atoms with Gasteiger partial charge in [0, 0.05) is 5.69 Å². The number of para-hydroxylation sites is 2. The number of rotatable bonds is 5. The van der Waals surface area contributed by atoms with Gasteiger partial charge in [0.05, 0.1) is 5.69 Å². The Kier molecular flexibility index (Phi) is 11.9. The Bertz CT molecular complexity index is 461. The van der Waals surface area contributed by atoms with E-state index in [4.69, 9.17) is 4.84 Å². The predicted octanol–water partition coefficient (Wildman–Crippen LogP) is -3.10. The molecule has 0 saturated carbocycles. The Balaban J connectivity index is -0.000000902. The third-order valence-corrected chi connectivity index (χ3v) is 2.27. The number of hydrogen-bond acceptors (Lipinski definition) is 4. The summed E-state index contributed by atoms with van der Waals surface area (Å²) in [5.41, 5.74) is 4.22. The molecule has 0 radical (unpaired) electrons. The van der Waals surface area contributed by atoms with Crippen LogP contribution in [0.4, 0.5) is 11.4 Å². The van der Waals surface area contributed by atoms with E-state index in [0.29, 0.717) is 0 Å². The van der Waals surface area contributed by atoms with Gasteiger partial charge in [-0.2, -0.15) is 0 Å². The topological polar surface area (TPSA) is 50.4 Å². The fourth-order valence-electron chi connectivity index (χ4n) is 1.39. The molecule has 0 fully saturated rings. The van der Waals surface area contributed by atoms with Crippen LogP contribution in [-0.4, -0.2) is 12.5 Å². The molecule has 0 atom stereocenters. The summed E-state index contributed by atoms with van der Waals surface area (Å²) in [6, 6.07) is 18.7. The Morgan fingerprint density at radius 1 is 0.950 bits per heavy atom. The van der Waals surface area contributed by atoms with Crippen LogP contribution in [0.25, 0.3) is 0 Å². The van der Waals surface area contributed by atoms with Crippen LogP contribution in [0, 0.1) is 0 Å². The molecule has 2 N–H and O–H groups in total. The molecular formula is C14H16KN2NaO2. The molecule has 0 heterocycles. The first-order chi connectivity index (χ1) is 8.84. The van der Waals surface area contributed by atoms with Crippen LogP contribution >= 0.6 is 0 Å². The Labute approximate surface area is 186 Å². The number of nitrogens with one attached hydrogen (secondary N) is 2. The molecule has 96 valence electrons. The van der Waals surface area contributed by atoms with Crippen LogP contribution in [0.1, 0.15) is 2.85 Å². The minimum absolute atomic E-state index is 0. The molecule has 0 amide bonds. The maximum Gasteiger partial charge on any atom is 1.00 e. The summed E-state index contributed by atoms with van der Waals surface area (Å²) in [4.78, 5) is 16.3. The fourth-order valence-corrected chi connectivity index (χ4v) is 1.39. The van der Waals surface area contributed by atoms with Gasteiger partial charge in [-0.1, -0.05) is 36.4 Å². The zero-order chi connectivity index (χ0) is 12.6. The third kappa shape index (κ3) is 7.80. The van der Waals surface area contributed by atoms with Crippen LogP contribution in [0.5, 0.6) is 0 Å². The van der Waals surface area contributed by atoms with Gasteiger partial charge in [-0.25, -0.2) is 10.3 Å². The quantitative estimate of drug-likeness (QED) is 0.454. The number of hydrogen-bond donors (Lipinski definition) is 2. The van der Waals surface area contributed by atoms with Gasteiger partial charge in [0.15, 0.2) is 0 Å². The van der Waals surface area contributed by atoms with Crippen molar-refractivity contribution in [1.82, 2.24) is 0 Å². The molecule has 20 heavy (non-hydrogen) atoms. The van der Waals surface area contributed by atoms with Gasteiger partial charge in [0.1, 0.15) is 6.54 Å². The molecule has 0 bridgehead atoms. The van der Waals surface area contributed by atoms with Gasteiger partial charge in [-0.05, 0) is 24.3 Å². The van der Waals surface area contributed by atoms with E-state index in [1.807, 2.05) is 60.7 Å². The van der Waals surface area contributed by atoms with Gasteiger partial charge in [-0.15, -0.1) is 0 Å². The van der Waals surface area contributed by atoms with E-state index >= 15 is 0 Å². The maximum absolute atomic E-state index is 11.4. The number of carbonyl (C=O) groups is 1. The molecule has 4 nitrogen and oxygen atoms in total. The Morgan fingerprint density at radius 3 is 2.00 bits per heavy atom. The maximum atomic E-state index is 11.4. The number of benzene rings is 2. The molecule has 0 saturated heterocycles. The summed E-state index contributed by atoms with van der Waals surface area (Å²) >= 11 is 0. The first-order valence-corrected chi connectivity index (χ1v) is 5.64. The largest absolute Gasteiger partial charge is 1.00 e. The minimum atomic E-state index is -0.372. The van der Waals surface area contributed by atoms with Crippen molar-refractivity contribution in [3.05, 3.63) is 60.7 Å². The van der Waals surface area contributed by atoms with Crippen LogP contribution < -0.4 is 91.7 Å². The molecule has 2 aromatic carbocycles. The molecule has 0 unspecified atom stereocenters. The third-order valence-electron chi connectivity index (χ3n) is 2.27. The van der Waals surface area contributed by atoms with E-state index in [9.17, 15) is 4.79 Å². The van der Waals surface area contributed by atoms with Crippen LogP contribution in [0.3, 0.4) is 0 Å². The summed E-state index contributed by atoms with van der Waals surface area (Å²) in [5.74, 6) is -0.372. The molecule has 2 aromatic rings. The molecule has 6 heteroatoms. The van der Waals surface area contributed by atoms with E-state index < -0.39 is 0 Å². The second-order valence-electron chi connectivity index (χ2n) is 3.66. The molecule has 0 aliphatic heterocycles. The van der Waals surface area contributed by atoms with Gasteiger partial charge < -0.3 is 13.0 Å². The minimum Gasteiger partial charge on any atom is -1.00 e. The zero-order valence-corrected chi connectivity index (χ0v) is 16.9. The van der Waals surface area contributed by atoms with Crippen molar-refractivity contribution in [1.29, 1.82) is 0 Å². The van der Waals surface area contributed by atoms with E-state index in [0.717, 1.165) is 11.4 Å². The second kappa shape index (κ2) is 11.8. The summed E-state index contributed by atoms with van der Waals surface area (Å²) in [6.45, 7) is 0.115. The number of carbonyl (C=O) groups excluding carboxylic acids is 1. The SMILES string of the molecule is O=C(CNc1ccccc1)ONc1ccccc1.[H-].[H-].[K+].[Na+]. The van der Waals surface area contributed by atoms with E-state index in [1.54, 1.807) is 0 Å². The van der Waals surface area contributed by atoms with Crippen molar-refractivity contribution in [2.75, 3.05) is 17.3 Å². The molecule has 0 aromatic heterocycles. The van der Waals surface area contributed by atoms with Crippen molar-refractivity contribution >= 4 is 17.3 Å². The molecule has 0 aliphatic rings. The smallest absolute Gasteiger partial charge is 1.00 e. The van der Waals surface area contributed by atoms with Crippen molar-refractivity contribution in [3.63, 3.8) is 0 Å². The number of anilines is 2. The van der Waals surface area contributed by atoms with Crippen LogP contribution in [0.15, 0.2) is 60.7 Å². The van der Waals surface area contributed by atoms with Gasteiger partial charge in [0.25, 0.3) is 0 Å². The molecular weight excluding hydrogens is 290 g/mol. The molecule has 2 rings (SSSR count). The van der Waals surface area contributed by atoms with Crippen molar-refractivity contribution in [2.24, 2.45) is 0 Å². The standard InChI is InChI=1S/C14H14N2O2.K.Na.2H/c17-14(11-15-12-7-3-1-4-8-12)18-16-13-9-5-2-6-10-13;;;;/h1-10,15-16H,11H2;;;;/q;2*+1;2*-1. The molecule has 0 spiro atoms. The van der Waals surface area contributed by atoms with Crippen LogP contribution in [0.2, 0.25) is 0 Å². The zero-order valence-electron chi connectivity index (χ0n) is 13.8.